The van der Waals surface area contributed by atoms with Gasteiger partial charge in [-0.3, -0.25) is 4.99 Å². The van der Waals surface area contributed by atoms with Crippen LogP contribution in [0.1, 0.15) is 26.2 Å². The summed E-state index contributed by atoms with van der Waals surface area (Å²) in [7, 11) is 5.56. The van der Waals surface area contributed by atoms with Gasteiger partial charge in [-0.2, -0.15) is 0 Å². The van der Waals surface area contributed by atoms with Gasteiger partial charge >= 0.3 is 0 Å². The van der Waals surface area contributed by atoms with Crippen molar-refractivity contribution in [2.24, 2.45) is 10.9 Å². The molecule has 1 aliphatic heterocycles. The summed E-state index contributed by atoms with van der Waals surface area (Å²) in [6.07, 6.45) is 3.54. The average Bonchev–Trinajstić information content (AvgIpc) is 2.67. The summed E-state index contributed by atoms with van der Waals surface area (Å²) in [5, 5.41) is 3.40. The molecule has 1 aromatic rings. The standard InChI is InChI=1S/C20H33N3O3.HI/c1-16(26-19-7-5-6-18(14-19)24-4)15-22-20(21-2)23(3)11-8-17-9-12-25-13-10-17;/h5-7,14,16-17H,8-13,15H2,1-4H3,(H,21,22);1H. The number of halogens is 1. The number of hydrogen-bond acceptors (Lipinski definition) is 4. The minimum atomic E-state index is 0. The van der Waals surface area contributed by atoms with Crippen LogP contribution in [0.3, 0.4) is 0 Å². The van der Waals surface area contributed by atoms with Gasteiger partial charge in [-0.25, -0.2) is 0 Å². The molecule has 1 fully saturated rings. The Bertz CT molecular complexity index is 565. The van der Waals surface area contributed by atoms with Crippen molar-refractivity contribution in [1.82, 2.24) is 10.2 Å². The van der Waals surface area contributed by atoms with Gasteiger partial charge in [0.25, 0.3) is 0 Å². The Hall–Kier alpha value is -1.22. The summed E-state index contributed by atoms with van der Waals surface area (Å²) in [5.74, 6) is 3.27. The van der Waals surface area contributed by atoms with Crippen LogP contribution in [0.5, 0.6) is 11.5 Å². The van der Waals surface area contributed by atoms with Gasteiger partial charge < -0.3 is 24.4 Å². The zero-order valence-electron chi connectivity index (χ0n) is 16.9. The van der Waals surface area contributed by atoms with Crippen LogP contribution < -0.4 is 14.8 Å². The number of nitrogens with one attached hydrogen (secondary N) is 1. The Balaban J connectivity index is 0.00000364. The third-order valence-corrected chi connectivity index (χ3v) is 4.71. The van der Waals surface area contributed by atoms with Crippen molar-refractivity contribution in [3.05, 3.63) is 24.3 Å². The molecule has 0 aromatic heterocycles. The molecule has 1 saturated heterocycles. The molecule has 27 heavy (non-hydrogen) atoms. The molecule has 0 aliphatic carbocycles. The molecule has 1 aliphatic rings. The molecule has 1 aromatic carbocycles. The summed E-state index contributed by atoms with van der Waals surface area (Å²) >= 11 is 0. The Morgan fingerprint density at radius 2 is 2.04 bits per heavy atom. The summed E-state index contributed by atoms with van der Waals surface area (Å²) in [4.78, 5) is 6.58. The fraction of sp³-hybridized carbons (Fsp3) is 0.650. The molecule has 7 heteroatoms. The van der Waals surface area contributed by atoms with Crippen LogP contribution in [0.2, 0.25) is 0 Å². The predicted molar refractivity (Wildman–Crippen MR) is 121 cm³/mol. The third-order valence-electron chi connectivity index (χ3n) is 4.71. The van der Waals surface area contributed by atoms with Crippen LogP contribution in [-0.4, -0.2) is 64.5 Å². The van der Waals surface area contributed by atoms with Crippen LogP contribution >= 0.6 is 24.0 Å². The summed E-state index contributed by atoms with van der Waals surface area (Å²) in [5.41, 5.74) is 0. The second-order valence-corrected chi connectivity index (χ2v) is 6.80. The van der Waals surface area contributed by atoms with Crippen LogP contribution in [0.4, 0.5) is 0 Å². The number of rotatable bonds is 8. The van der Waals surface area contributed by atoms with Gasteiger partial charge in [0.2, 0.25) is 0 Å². The third kappa shape index (κ3) is 8.55. The smallest absolute Gasteiger partial charge is 0.193 e. The molecule has 1 atom stereocenters. The number of ether oxygens (including phenoxy) is 3. The van der Waals surface area contributed by atoms with Crippen LogP contribution in [0.15, 0.2) is 29.3 Å². The Kier molecular flexibility index (Phi) is 11.5. The van der Waals surface area contributed by atoms with Crippen molar-refractivity contribution in [2.45, 2.75) is 32.3 Å². The van der Waals surface area contributed by atoms with Crippen molar-refractivity contribution >= 4 is 29.9 Å². The number of guanidine groups is 1. The number of methoxy groups -OCH3 is 1. The van der Waals surface area contributed by atoms with Crippen molar-refractivity contribution in [3.63, 3.8) is 0 Å². The number of nitrogens with zero attached hydrogens (tertiary/aromatic N) is 2. The maximum atomic E-state index is 5.96. The van der Waals surface area contributed by atoms with E-state index in [4.69, 9.17) is 14.2 Å². The molecular weight excluding hydrogens is 457 g/mol. The van der Waals surface area contributed by atoms with Crippen molar-refractivity contribution in [1.29, 1.82) is 0 Å². The normalized spacial score (nSPS) is 16.2. The first-order valence-corrected chi connectivity index (χ1v) is 9.42. The SMILES string of the molecule is CN=C(NCC(C)Oc1cccc(OC)c1)N(C)CCC1CCOCC1.I. The quantitative estimate of drug-likeness (QED) is 0.343. The predicted octanol–water partition coefficient (Wildman–Crippen LogP) is 3.40. The van der Waals surface area contributed by atoms with Crippen LogP contribution in [0.25, 0.3) is 0 Å². The molecule has 6 nitrogen and oxygen atoms in total. The molecule has 0 spiro atoms. The van der Waals surface area contributed by atoms with Crippen molar-refractivity contribution in [3.8, 4) is 11.5 Å². The fourth-order valence-electron chi connectivity index (χ4n) is 3.09. The van der Waals surface area contributed by atoms with E-state index < -0.39 is 0 Å². The van der Waals surface area contributed by atoms with E-state index in [0.29, 0.717) is 6.54 Å². The van der Waals surface area contributed by atoms with E-state index in [-0.39, 0.29) is 30.1 Å². The van der Waals surface area contributed by atoms with E-state index in [1.807, 2.05) is 38.2 Å². The van der Waals surface area contributed by atoms with E-state index in [2.05, 4.69) is 22.3 Å². The molecule has 154 valence electrons. The van der Waals surface area contributed by atoms with E-state index in [9.17, 15) is 0 Å². The topological polar surface area (TPSA) is 55.3 Å². The second-order valence-electron chi connectivity index (χ2n) is 6.80. The minimum Gasteiger partial charge on any atom is -0.497 e. The highest BCUT2D eigenvalue weighted by molar-refractivity contribution is 14.0. The largest absolute Gasteiger partial charge is 0.497 e. The highest BCUT2D eigenvalue weighted by Crippen LogP contribution is 2.20. The Morgan fingerprint density at radius 3 is 2.70 bits per heavy atom. The van der Waals surface area contributed by atoms with E-state index in [1.165, 1.54) is 19.3 Å². The van der Waals surface area contributed by atoms with Gasteiger partial charge in [0, 0.05) is 39.9 Å². The second kappa shape index (κ2) is 13.0. The first-order chi connectivity index (χ1) is 12.6. The fourth-order valence-corrected chi connectivity index (χ4v) is 3.09. The summed E-state index contributed by atoms with van der Waals surface area (Å²) in [6.45, 7) is 5.53. The van der Waals surface area contributed by atoms with Crippen LogP contribution in [0, 0.1) is 5.92 Å². The molecule has 1 unspecified atom stereocenters. The van der Waals surface area contributed by atoms with Crippen molar-refractivity contribution in [2.75, 3.05) is 47.5 Å². The highest BCUT2D eigenvalue weighted by Gasteiger charge is 2.16. The molecule has 1 heterocycles. The lowest BCUT2D eigenvalue weighted by Gasteiger charge is -2.27. The summed E-state index contributed by atoms with van der Waals surface area (Å²) in [6, 6.07) is 7.67. The molecule has 0 radical (unpaired) electrons. The number of hydrogen-bond donors (Lipinski definition) is 1. The maximum absolute atomic E-state index is 5.96. The highest BCUT2D eigenvalue weighted by atomic mass is 127. The first-order valence-electron chi connectivity index (χ1n) is 9.42. The van der Waals surface area contributed by atoms with Crippen molar-refractivity contribution < 1.29 is 14.2 Å². The molecule has 1 N–H and O–H groups in total. The average molecular weight is 491 g/mol. The van der Waals surface area contributed by atoms with Gasteiger partial charge in [-0.1, -0.05) is 6.07 Å². The minimum absolute atomic E-state index is 0. The van der Waals surface area contributed by atoms with E-state index in [1.54, 1.807) is 7.11 Å². The van der Waals surface area contributed by atoms with Gasteiger partial charge in [-0.05, 0) is 44.2 Å². The monoisotopic (exact) mass is 491 g/mol. The zero-order valence-corrected chi connectivity index (χ0v) is 19.3. The summed E-state index contributed by atoms with van der Waals surface area (Å²) < 4.78 is 16.6. The molecule has 0 saturated carbocycles. The Labute approximate surface area is 180 Å². The first kappa shape index (κ1) is 23.8. The lowest BCUT2D eigenvalue weighted by atomic mass is 9.96. The van der Waals surface area contributed by atoms with Gasteiger partial charge in [0.15, 0.2) is 5.96 Å². The lowest BCUT2D eigenvalue weighted by Crippen LogP contribution is -2.43. The maximum Gasteiger partial charge on any atom is 0.193 e. The van der Waals surface area contributed by atoms with Crippen LogP contribution in [-0.2, 0) is 4.74 Å². The number of aliphatic imine (C=N–C) groups is 1. The van der Waals surface area contributed by atoms with Gasteiger partial charge in [0.1, 0.15) is 17.6 Å². The molecule has 0 amide bonds. The van der Waals surface area contributed by atoms with Gasteiger partial charge in [-0.15, -0.1) is 24.0 Å². The Morgan fingerprint density at radius 1 is 1.33 bits per heavy atom. The van der Waals surface area contributed by atoms with E-state index in [0.717, 1.165) is 43.1 Å². The van der Waals surface area contributed by atoms with Gasteiger partial charge in [0.05, 0.1) is 13.7 Å². The lowest BCUT2D eigenvalue weighted by molar-refractivity contribution is 0.0625. The van der Waals surface area contributed by atoms with E-state index >= 15 is 0 Å². The number of benzene rings is 1. The molecule has 2 rings (SSSR count). The molecular formula is C20H34IN3O3. The molecule has 0 bridgehead atoms. The zero-order chi connectivity index (χ0) is 18.8.